The molecule has 94 valence electrons. The van der Waals surface area contributed by atoms with E-state index in [1.165, 1.54) is 0 Å². The maximum atomic E-state index is 11.4. The van der Waals surface area contributed by atoms with Gasteiger partial charge in [-0.3, -0.25) is 4.79 Å². The molecule has 2 rings (SSSR count). The highest BCUT2D eigenvalue weighted by atomic mass is 79.9. The van der Waals surface area contributed by atoms with Crippen LogP contribution in [0.15, 0.2) is 40.2 Å². The van der Waals surface area contributed by atoms with Crippen LogP contribution in [-0.4, -0.2) is 11.1 Å². The molecule has 0 bridgehead atoms. The van der Waals surface area contributed by atoms with Gasteiger partial charge in [0.15, 0.2) is 0 Å². The van der Waals surface area contributed by atoms with Gasteiger partial charge in [-0.2, -0.15) is 0 Å². The molecule has 0 fully saturated rings. The lowest BCUT2D eigenvalue weighted by atomic mass is 9.95. The molecule has 1 N–H and O–H groups in total. The van der Waals surface area contributed by atoms with Crippen molar-refractivity contribution in [3.63, 3.8) is 0 Å². The lowest BCUT2D eigenvalue weighted by Gasteiger charge is -2.12. The molecule has 0 amide bonds. The Hall–Kier alpha value is -0.840. The number of hydrogen-bond acceptors (Lipinski definition) is 2. The van der Waals surface area contributed by atoms with Crippen molar-refractivity contribution in [1.82, 2.24) is 0 Å². The predicted molar refractivity (Wildman–Crippen MR) is 77.6 cm³/mol. The first kappa shape index (κ1) is 13.6. The molecule has 2 aromatic rings. The Morgan fingerprint density at radius 3 is 2.78 bits per heavy atom. The molecule has 1 aromatic carbocycles. The van der Waals surface area contributed by atoms with Crippen LogP contribution in [0.25, 0.3) is 0 Å². The molecule has 1 unspecified atom stereocenters. The van der Waals surface area contributed by atoms with Gasteiger partial charge in [0, 0.05) is 20.8 Å². The van der Waals surface area contributed by atoms with Gasteiger partial charge in [0.2, 0.25) is 0 Å². The van der Waals surface area contributed by atoms with Gasteiger partial charge in [-0.25, -0.2) is 0 Å². The molecule has 1 heterocycles. The highest BCUT2D eigenvalue weighted by molar-refractivity contribution is 9.10. The van der Waals surface area contributed by atoms with Gasteiger partial charge in [-0.15, -0.1) is 11.3 Å². The third kappa shape index (κ3) is 3.13. The Morgan fingerprint density at radius 2 is 2.22 bits per heavy atom. The minimum Gasteiger partial charge on any atom is -0.481 e. The van der Waals surface area contributed by atoms with Crippen LogP contribution >= 0.6 is 38.9 Å². The van der Waals surface area contributed by atoms with E-state index in [1.807, 2.05) is 11.4 Å². The number of hydrogen-bond donors (Lipinski definition) is 1. The number of thiophene rings is 1. The number of benzene rings is 1. The Balaban J connectivity index is 2.30. The molecular weight excluding hydrogens is 336 g/mol. The van der Waals surface area contributed by atoms with E-state index in [2.05, 4.69) is 15.9 Å². The average molecular weight is 346 g/mol. The largest absolute Gasteiger partial charge is 0.481 e. The van der Waals surface area contributed by atoms with E-state index in [-0.39, 0.29) is 0 Å². The zero-order valence-electron chi connectivity index (χ0n) is 9.27. The van der Waals surface area contributed by atoms with Gasteiger partial charge in [0.25, 0.3) is 0 Å². The molecule has 2 nitrogen and oxygen atoms in total. The molecule has 0 aliphatic rings. The van der Waals surface area contributed by atoms with Crippen LogP contribution in [-0.2, 0) is 11.2 Å². The first-order valence-corrected chi connectivity index (χ1v) is 7.33. The first-order valence-electron chi connectivity index (χ1n) is 5.28. The summed E-state index contributed by atoms with van der Waals surface area (Å²) in [6.45, 7) is 0. The number of halogens is 2. The van der Waals surface area contributed by atoms with Gasteiger partial charge < -0.3 is 5.11 Å². The van der Waals surface area contributed by atoms with Crippen LogP contribution in [0.2, 0.25) is 5.02 Å². The number of carbonyl (C=O) groups is 1. The van der Waals surface area contributed by atoms with Crippen LogP contribution in [0.3, 0.4) is 0 Å². The number of carboxylic acid groups (broad SMARTS) is 1. The monoisotopic (exact) mass is 344 g/mol. The van der Waals surface area contributed by atoms with Crippen molar-refractivity contribution >= 4 is 44.8 Å². The summed E-state index contributed by atoms with van der Waals surface area (Å²) in [6, 6.07) is 8.95. The quantitative estimate of drug-likeness (QED) is 0.881. The standard InChI is InChI=1S/C13H10BrClO2S/c14-11-4-5-18-12(11)7-10(13(16)17)8-2-1-3-9(15)6-8/h1-6,10H,7H2,(H,16,17). The fraction of sp³-hybridized carbons (Fsp3) is 0.154. The molecule has 5 heteroatoms. The fourth-order valence-electron chi connectivity index (χ4n) is 1.73. The summed E-state index contributed by atoms with van der Waals surface area (Å²) >= 11 is 10.9. The van der Waals surface area contributed by atoms with Crippen molar-refractivity contribution in [1.29, 1.82) is 0 Å². The average Bonchev–Trinajstić information content (AvgIpc) is 2.71. The number of carboxylic acids is 1. The van der Waals surface area contributed by atoms with Crippen LogP contribution in [0.5, 0.6) is 0 Å². The van der Waals surface area contributed by atoms with Crippen molar-refractivity contribution in [3.8, 4) is 0 Å². The Labute approximate surface area is 122 Å². The second-order valence-electron chi connectivity index (χ2n) is 3.84. The molecule has 0 aliphatic heterocycles. The molecule has 0 aliphatic carbocycles. The summed E-state index contributed by atoms with van der Waals surface area (Å²) in [5.41, 5.74) is 0.732. The number of aliphatic carboxylic acids is 1. The predicted octanol–water partition coefficient (Wildman–Crippen LogP) is 4.57. The maximum absolute atomic E-state index is 11.4. The maximum Gasteiger partial charge on any atom is 0.311 e. The topological polar surface area (TPSA) is 37.3 Å². The van der Waals surface area contributed by atoms with Gasteiger partial charge in [-0.1, -0.05) is 23.7 Å². The summed E-state index contributed by atoms with van der Waals surface area (Å²) in [7, 11) is 0. The lowest BCUT2D eigenvalue weighted by molar-refractivity contribution is -0.138. The van der Waals surface area contributed by atoms with Gasteiger partial charge in [0.05, 0.1) is 5.92 Å². The Morgan fingerprint density at radius 1 is 1.44 bits per heavy atom. The molecular formula is C13H10BrClO2S. The Kier molecular flexibility index (Phi) is 4.43. The first-order chi connectivity index (χ1) is 8.58. The Bertz CT molecular complexity index is 568. The third-order valence-corrected chi connectivity index (χ3v) is 4.81. The molecule has 0 saturated heterocycles. The third-order valence-electron chi connectivity index (χ3n) is 2.63. The molecule has 0 radical (unpaired) electrons. The summed E-state index contributed by atoms with van der Waals surface area (Å²) < 4.78 is 0.959. The minimum atomic E-state index is -0.836. The van der Waals surface area contributed by atoms with Gasteiger partial charge in [-0.05, 0) is 45.1 Å². The van der Waals surface area contributed by atoms with E-state index in [4.69, 9.17) is 11.6 Å². The lowest BCUT2D eigenvalue weighted by Crippen LogP contribution is -2.14. The normalized spacial score (nSPS) is 12.3. The second kappa shape index (κ2) is 5.87. The van der Waals surface area contributed by atoms with E-state index >= 15 is 0 Å². The summed E-state index contributed by atoms with van der Waals surface area (Å²) in [5.74, 6) is -1.41. The molecule has 0 spiro atoms. The van der Waals surface area contributed by atoms with Gasteiger partial charge in [0.1, 0.15) is 0 Å². The molecule has 1 atom stereocenters. The van der Waals surface area contributed by atoms with Crippen LogP contribution in [0.1, 0.15) is 16.4 Å². The van der Waals surface area contributed by atoms with Crippen LogP contribution in [0, 0.1) is 0 Å². The zero-order valence-corrected chi connectivity index (χ0v) is 12.4. The zero-order chi connectivity index (χ0) is 13.1. The fourth-order valence-corrected chi connectivity index (χ4v) is 3.49. The van der Waals surface area contributed by atoms with Crippen molar-refractivity contribution in [2.45, 2.75) is 12.3 Å². The van der Waals surface area contributed by atoms with E-state index in [9.17, 15) is 9.90 Å². The summed E-state index contributed by atoms with van der Waals surface area (Å²) in [6.07, 6.45) is 0.466. The molecule has 18 heavy (non-hydrogen) atoms. The van der Waals surface area contributed by atoms with Crippen LogP contribution < -0.4 is 0 Å². The summed E-state index contributed by atoms with van der Waals surface area (Å²) in [4.78, 5) is 12.4. The van der Waals surface area contributed by atoms with E-state index in [0.29, 0.717) is 11.4 Å². The van der Waals surface area contributed by atoms with Crippen LogP contribution in [0.4, 0.5) is 0 Å². The second-order valence-corrected chi connectivity index (χ2v) is 6.13. The van der Waals surface area contributed by atoms with Crippen molar-refractivity contribution in [2.75, 3.05) is 0 Å². The van der Waals surface area contributed by atoms with Crippen molar-refractivity contribution < 1.29 is 9.90 Å². The SMILES string of the molecule is O=C(O)C(Cc1sccc1Br)c1cccc(Cl)c1. The smallest absolute Gasteiger partial charge is 0.311 e. The number of rotatable bonds is 4. The summed E-state index contributed by atoms with van der Waals surface area (Å²) in [5, 5.41) is 11.9. The van der Waals surface area contributed by atoms with E-state index < -0.39 is 11.9 Å². The van der Waals surface area contributed by atoms with Crippen molar-refractivity contribution in [3.05, 3.63) is 55.6 Å². The van der Waals surface area contributed by atoms with E-state index in [1.54, 1.807) is 35.6 Å². The highest BCUT2D eigenvalue weighted by Crippen LogP contribution is 2.30. The molecule has 1 aromatic heterocycles. The minimum absolute atomic E-state index is 0.466. The van der Waals surface area contributed by atoms with Crippen molar-refractivity contribution in [2.24, 2.45) is 0 Å². The van der Waals surface area contributed by atoms with E-state index in [0.717, 1.165) is 14.9 Å². The molecule has 0 saturated carbocycles. The highest BCUT2D eigenvalue weighted by Gasteiger charge is 2.22. The van der Waals surface area contributed by atoms with Gasteiger partial charge >= 0.3 is 5.97 Å².